The fourth-order valence-corrected chi connectivity index (χ4v) is 4.22. The van der Waals surface area contributed by atoms with Crippen LogP contribution in [0.1, 0.15) is 39.5 Å². The van der Waals surface area contributed by atoms with Gasteiger partial charge in [0.2, 0.25) is 0 Å². The van der Waals surface area contributed by atoms with Crippen LogP contribution in [0.5, 0.6) is 0 Å². The average molecular weight is 288 g/mol. The van der Waals surface area contributed by atoms with Crippen molar-refractivity contribution in [2.24, 2.45) is 11.8 Å². The molecule has 116 valence electrons. The average Bonchev–Trinajstić information content (AvgIpc) is 3.37. The standard InChI is InChI=1S/C17H28N4/c1-16(14-4-5-14)13-20(10-11-21-9-3-8-19-21)17(2,12-18-16)15-6-7-15/h3,8-9,14-15,18H,4-7,10-13H2,1-2H3. The number of rotatable bonds is 5. The van der Waals surface area contributed by atoms with E-state index in [1.54, 1.807) is 0 Å². The van der Waals surface area contributed by atoms with E-state index in [2.05, 4.69) is 40.0 Å². The lowest BCUT2D eigenvalue weighted by Crippen LogP contribution is -2.70. The lowest BCUT2D eigenvalue weighted by molar-refractivity contribution is -0.00350. The number of aromatic nitrogens is 2. The van der Waals surface area contributed by atoms with Crippen LogP contribution < -0.4 is 5.32 Å². The first kappa shape index (κ1) is 13.8. The summed E-state index contributed by atoms with van der Waals surface area (Å²) in [6, 6.07) is 2.02. The third-order valence-electron chi connectivity index (χ3n) is 6.19. The second-order valence-corrected chi connectivity index (χ2v) is 7.87. The molecule has 2 unspecified atom stereocenters. The zero-order valence-electron chi connectivity index (χ0n) is 13.4. The first-order valence-electron chi connectivity index (χ1n) is 8.58. The molecule has 2 aliphatic carbocycles. The van der Waals surface area contributed by atoms with Crippen molar-refractivity contribution in [3.05, 3.63) is 18.5 Å². The molecule has 0 amide bonds. The molecule has 2 saturated carbocycles. The Balaban J connectivity index is 1.49. The summed E-state index contributed by atoms with van der Waals surface area (Å²) in [4.78, 5) is 2.78. The molecule has 0 spiro atoms. The van der Waals surface area contributed by atoms with Gasteiger partial charge in [-0.25, -0.2) is 0 Å². The van der Waals surface area contributed by atoms with Gasteiger partial charge in [-0.1, -0.05) is 0 Å². The van der Waals surface area contributed by atoms with Crippen LogP contribution >= 0.6 is 0 Å². The minimum Gasteiger partial charge on any atom is -0.308 e. The molecule has 1 aromatic rings. The van der Waals surface area contributed by atoms with Crippen molar-refractivity contribution < 1.29 is 0 Å². The van der Waals surface area contributed by atoms with Gasteiger partial charge in [0.25, 0.3) is 0 Å². The van der Waals surface area contributed by atoms with Crippen molar-refractivity contribution in [3.63, 3.8) is 0 Å². The van der Waals surface area contributed by atoms with Crippen LogP contribution in [0.3, 0.4) is 0 Å². The van der Waals surface area contributed by atoms with E-state index in [0.29, 0.717) is 11.1 Å². The van der Waals surface area contributed by atoms with Crippen molar-refractivity contribution >= 4 is 0 Å². The SMILES string of the molecule is CC1(C2CC2)CN(CCn2cccn2)C(C)(C2CC2)CN1. The minimum absolute atomic E-state index is 0.332. The summed E-state index contributed by atoms with van der Waals surface area (Å²) in [5.41, 5.74) is 0.681. The Hall–Kier alpha value is -0.870. The smallest absolute Gasteiger partial charge is 0.0536 e. The monoisotopic (exact) mass is 288 g/mol. The lowest BCUT2D eigenvalue weighted by Gasteiger charge is -2.53. The van der Waals surface area contributed by atoms with Gasteiger partial charge < -0.3 is 5.32 Å². The summed E-state index contributed by atoms with van der Waals surface area (Å²) in [7, 11) is 0. The summed E-state index contributed by atoms with van der Waals surface area (Å²) >= 11 is 0. The Morgan fingerprint density at radius 3 is 2.52 bits per heavy atom. The van der Waals surface area contributed by atoms with Gasteiger partial charge in [0.1, 0.15) is 0 Å². The van der Waals surface area contributed by atoms with E-state index < -0.39 is 0 Å². The van der Waals surface area contributed by atoms with E-state index in [4.69, 9.17) is 0 Å². The van der Waals surface area contributed by atoms with Crippen molar-refractivity contribution in [2.75, 3.05) is 19.6 Å². The van der Waals surface area contributed by atoms with E-state index in [1.165, 1.54) is 32.2 Å². The molecule has 1 aliphatic heterocycles. The maximum absolute atomic E-state index is 4.37. The predicted molar refractivity (Wildman–Crippen MR) is 84.1 cm³/mol. The lowest BCUT2D eigenvalue weighted by atomic mass is 9.83. The van der Waals surface area contributed by atoms with Crippen molar-refractivity contribution in [2.45, 2.75) is 57.2 Å². The fourth-order valence-electron chi connectivity index (χ4n) is 4.22. The second kappa shape index (κ2) is 4.82. The zero-order valence-corrected chi connectivity index (χ0v) is 13.4. The van der Waals surface area contributed by atoms with Crippen LogP contribution in [0.25, 0.3) is 0 Å². The molecule has 1 N–H and O–H groups in total. The Morgan fingerprint density at radius 2 is 1.90 bits per heavy atom. The molecule has 0 aromatic carbocycles. The van der Waals surface area contributed by atoms with Gasteiger partial charge in [-0.3, -0.25) is 9.58 Å². The summed E-state index contributed by atoms with van der Waals surface area (Å²) in [6.45, 7) is 9.41. The highest BCUT2D eigenvalue weighted by molar-refractivity contribution is 5.11. The molecule has 3 aliphatic rings. The quantitative estimate of drug-likeness (QED) is 0.901. The van der Waals surface area contributed by atoms with Crippen LogP contribution in [0.15, 0.2) is 18.5 Å². The van der Waals surface area contributed by atoms with Crippen molar-refractivity contribution in [1.82, 2.24) is 20.0 Å². The number of nitrogens with zero attached hydrogens (tertiary/aromatic N) is 3. The van der Waals surface area contributed by atoms with Gasteiger partial charge in [-0.15, -0.1) is 0 Å². The van der Waals surface area contributed by atoms with Gasteiger partial charge in [-0.05, 0) is 57.4 Å². The van der Waals surface area contributed by atoms with E-state index >= 15 is 0 Å². The van der Waals surface area contributed by atoms with Crippen LogP contribution in [0.4, 0.5) is 0 Å². The molecule has 21 heavy (non-hydrogen) atoms. The molecule has 1 saturated heterocycles. The van der Waals surface area contributed by atoms with Gasteiger partial charge in [0.15, 0.2) is 0 Å². The zero-order chi connectivity index (χ0) is 14.5. The van der Waals surface area contributed by atoms with E-state index in [-0.39, 0.29) is 0 Å². The first-order valence-corrected chi connectivity index (χ1v) is 8.58. The number of piperazine rings is 1. The highest BCUT2D eigenvalue weighted by atomic mass is 15.3. The van der Waals surface area contributed by atoms with Crippen LogP contribution in [-0.2, 0) is 6.54 Å². The molecule has 0 radical (unpaired) electrons. The third-order valence-corrected chi connectivity index (χ3v) is 6.19. The molecular weight excluding hydrogens is 260 g/mol. The molecule has 4 nitrogen and oxygen atoms in total. The summed E-state index contributed by atoms with van der Waals surface area (Å²) in [6.07, 6.45) is 9.61. The summed E-state index contributed by atoms with van der Waals surface area (Å²) < 4.78 is 2.07. The second-order valence-electron chi connectivity index (χ2n) is 7.87. The Kier molecular flexibility index (Phi) is 3.16. The molecule has 1 aromatic heterocycles. The number of hydrogen-bond donors (Lipinski definition) is 1. The number of hydrogen-bond acceptors (Lipinski definition) is 3. The van der Waals surface area contributed by atoms with Crippen molar-refractivity contribution in [1.29, 1.82) is 0 Å². The van der Waals surface area contributed by atoms with E-state index in [9.17, 15) is 0 Å². The van der Waals surface area contributed by atoms with Gasteiger partial charge in [0, 0.05) is 43.1 Å². The fraction of sp³-hybridized carbons (Fsp3) is 0.824. The molecule has 3 fully saturated rings. The maximum Gasteiger partial charge on any atom is 0.0536 e. The van der Waals surface area contributed by atoms with Crippen LogP contribution in [-0.4, -0.2) is 45.4 Å². The van der Waals surface area contributed by atoms with E-state index in [1.807, 2.05) is 12.3 Å². The minimum atomic E-state index is 0.332. The van der Waals surface area contributed by atoms with Gasteiger partial charge >= 0.3 is 0 Å². The third kappa shape index (κ3) is 2.53. The first-order chi connectivity index (χ1) is 10.1. The van der Waals surface area contributed by atoms with Gasteiger partial charge in [0.05, 0.1) is 6.54 Å². The highest BCUT2D eigenvalue weighted by Crippen LogP contribution is 2.48. The van der Waals surface area contributed by atoms with Crippen LogP contribution in [0, 0.1) is 11.8 Å². The predicted octanol–water partition coefficient (Wildman–Crippen LogP) is 2.13. The normalized spacial score (nSPS) is 37.8. The molecule has 2 atom stereocenters. The Morgan fingerprint density at radius 1 is 1.14 bits per heavy atom. The summed E-state index contributed by atoms with van der Waals surface area (Å²) in [5, 5.41) is 8.30. The maximum atomic E-state index is 4.37. The van der Waals surface area contributed by atoms with Crippen molar-refractivity contribution in [3.8, 4) is 0 Å². The molecule has 4 rings (SSSR count). The van der Waals surface area contributed by atoms with Gasteiger partial charge in [-0.2, -0.15) is 5.10 Å². The molecule has 0 bridgehead atoms. The topological polar surface area (TPSA) is 33.1 Å². The summed E-state index contributed by atoms with van der Waals surface area (Å²) in [5.74, 6) is 1.79. The molecule has 4 heteroatoms. The van der Waals surface area contributed by atoms with E-state index in [0.717, 1.165) is 31.5 Å². The largest absolute Gasteiger partial charge is 0.308 e. The highest BCUT2D eigenvalue weighted by Gasteiger charge is 2.53. The Labute approximate surface area is 127 Å². The van der Waals surface area contributed by atoms with Crippen LogP contribution in [0.2, 0.25) is 0 Å². The molecular formula is C17H28N4. The Bertz CT molecular complexity index is 491. The molecule has 2 heterocycles. The number of nitrogens with one attached hydrogen (secondary N) is 1.